The van der Waals surface area contributed by atoms with Gasteiger partial charge in [0.1, 0.15) is 11.9 Å². The molecule has 1 saturated heterocycles. The first-order valence-corrected chi connectivity index (χ1v) is 4.42. The average Bonchev–Trinajstić information content (AvgIpc) is 2.12. The van der Waals surface area contributed by atoms with Gasteiger partial charge in [-0.2, -0.15) is 0 Å². The molecule has 1 aromatic carbocycles. The second-order valence-electron chi connectivity index (χ2n) is 3.13. The van der Waals surface area contributed by atoms with E-state index in [0.717, 1.165) is 11.3 Å². The smallest absolute Gasteiger partial charge is 0.145 e. The number of ether oxygens (including phenoxy) is 2. The second-order valence-corrected chi connectivity index (χ2v) is 3.13. The molecule has 0 spiro atoms. The van der Waals surface area contributed by atoms with Gasteiger partial charge < -0.3 is 15.2 Å². The first-order valence-electron chi connectivity index (χ1n) is 4.42. The van der Waals surface area contributed by atoms with E-state index >= 15 is 0 Å². The van der Waals surface area contributed by atoms with E-state index in [2.05, 4.69) is 0 Å². The fourth-order valence-corrected chi connectivity index (χ4v) is 1.18. The highest BCUT2D eigenvalue weighted by atomic mass is 35.5. The third kappa shape index (κ3) is 2.61. The Morgan fingerprint density at radius 1 is 1.29 bits per heavy atom. The molecule has 2 rings (SSSR count). The van der Waals surface area contributed by atoms with Crippen LogP contribution >= 0.6 is 12.4 Å². The normalized spacial score (nSPS) is 15.5. The molecular weight excluding hydrogens is 202 g/mol. The lowest BCUT2D eigenvalue weighted by Gasteiger charge is -2.26. The van der Waals surface area contributed by atoms with Crippen LogP contribution in [0.5, 0.6) is 5.75 Å². The molecule has 1 heterocycles. The molecule has 0 atom stereocenters. The van der Waals surface area contributed by atoms with Crippen LogP contribution in [0.2, 0.25) is 0 Å². The van der Waals surface area contributed by atoms with Gasteiger partial charge in [-0.1, -0.05) is 12.1 Å². The minimum absolute atomic E-state index is 0. The van der Waals surface area contributed by atoms with E-state index in [4.69, 9.17) is 15.2 Å². The van der Waals surface area contributed by atoms with E-state index in [1.54, 1.807) is 0 Å². The van der Waals surface area contributed by atoms with Crippen LogP contribution in [0.3, 0.4) is 0 Å². The lowest BCUT2D eigenvalue weighted by Crippen LogP contribution is -2.38. The van der Waals surface area contributed by atoms with Crippen LogP contribution in [-0.2, 0) is 11.3 Å². The van der Waals surface area contributed by atoms with Gasteiger partial charge in [-0.05, 0) is 17.7 Å². The number of hydrogen-bond donors (Lipinski definition) is 1. The Kier molecular flexibility index (Phi) is 4.20. The van der Waals surface area contributed by atoms with Crippen molar-refractivity contribution >= 4 is 12.4 Å². The van der Waals surface area contributed by atoms with Crippen molar-refractivity contribution in [1.29, 1.82) is 0 Å². The third-order valence-corrected chi connectivity index (χ3v) is 2.07. The highest BCUT2D eigenvalue weighted by Crippen LogP contribution is 2.16. The van der Waals surface area contributed by atoms with Crippen molar-refractivity contribution in [2.75, 3.05) is 13.2 Å². The van der Waals surface area contributed by atoms with Gasteiger partial charge in [0.05, 0.1) is 13.2 Å². The van der Waals surface area contributed by atoms with Crippen molar-refractivity contribution in [3.8, 4) is 5.75 Å². The van der Waals surface area contributed by atoms with Crippen LogP contribution in [0.25, 0.3) is 0 Å². The van der Waals surface area contributed by atoms with Gasteiger partial charge >= 0.3 is 0 Å². The van der Waals surface area contributed by atoms with E-state index in [0.29, 0.717) is 19.8 Å². The summed E-state index contributed by atoms with van der Waals surface area (Å²) in [6, 6.07) is 7.85. The molecule has 0 radical (unpaired) electrons. The molecule has 0 aliphatic carbocycles. The van der Waals surface area contributed by atoms with Crippen LogP contribution in [-0.4, -0.2) is 19.3 Å². The first-order chi connectivity index (χ1) is 6.38. The van der Waals surface area contributed by atoms with E-state index in [1.165, 1.54) is 0 Å². The van der Waals surface area contributed by atoms with Gasteiger partial charge in [0.2, 0.25) is 0 Å². The Balaban J connectivity index is 0.000000980. The zero-order valence-electron chi connectivity index (χ0n) is 7.81. The topological polar surface area (TPSA) is 44.5 Å². The summed E-state index contributed by atoms with van der Waals surface area (Å²) in [5.41, 5.74) is 6.60. The van der Waals surface area contributed by atoms with Crippen molar-refractivity contribution in [3.63, 3.8) is 0 Å². The lowest BCUT2D eigenvalue weighted by molar-refractivity contribution is -0.0796. The molecular formula is C10H14ClNO2. The monoisotopic (exact) mass is 215 g/mol. The van der Waals surface area contributed by atoms with Gasteiger partial charge in [-0.25, -0.2) is 0 Å². The minimum Gasteiger partial charge on any atom is -0.486 e. The maximum atomic E-state index is 5.58. The highest BCUT2D eigenvalue weighted by Gasteiger charge is 2.19. The van der Waals surface area contributed by atoms with Crippen LogP contribution in [0.4, 0.5) is 0 Å². The van der Waals surface area contributed by atoms with E-state index in [1.807, 2.05) is 24.3 Å². The van der Waals surface area contributed by atoms with Crippen molar-refractivity contribution in [3.05, 3.63) is 29.8 Å². The predicted octanol–water partition coefficient (Wildman–Crippen LogP) is 1.34. The Morgan fingerprint density at radius 2 is 1.93 bits per heavy atom. The summed E-state index contributed by atoms with van der Waals surface area (Å²) in [6.07, 6.45) is 0.240. The number of rotatable bonds is 3. The van der Waals surface area contributed by atoms with Crippen molar-refractivity contribution in [1.82, 2.24) is 0 Å². The average molecular weight is 216 g/mol. The highest BCUT2D eigenvalue weighted by molar-refractivity contribution is 5.85. The summed E-state index contributed by atoms with van der Waals surface area (Å²) < 4.78 is 10.6. The van der Waals surface area contributed by atoms with Crippen LogP contribution in [0.1, 0.15) is 5.56 Å². The number of halogens is 1. The van der Waals surface area contributed by atoms with Crippen LogP contribution in [0.15, 0.2) is 24.3 Å². The molecule has 3 nitrogen and oxygen atoms in total. The molecule has 4 heteroatoms. The number of benzene rings is 1. The quantitative estimate of drug-likeness (QED) is 0.828. The molecule has 1 aliphatic heterocycles. The van der Waals surface area contributed by atoms with E-state index in [-0.39, 0.29) is 18.5 Å². The molecule has 1 fully saturated rings. The van der Waals surface area contributed by atoms with Gasteiger partial charge in [0, 0.05) is 6.54 Å². The van der Waals surface area contributed by atoms with Crippen LogP contribution in [0, 0.1) is 0 Å². The number of hydrogen-bond acceptors (Lipinski definition) is 3. The molecule has 78 valence electrons. The Bertz CT molecular complexity index is 272. The predicted molar refractivity (Wildman–Crippen MR) is 56.8 cm³/mol. The zero-order valence-corrected chi connectivity index (χ0v) is 8.63. The molecule has 14 heavy (non-hydrogen) atoms. The number of nitrogens with two attached hydrogens (primary N) is 1. The fraction of sp³-hybridized carbons (Fsp3) is 0.400. The maximum Gasteiger partial charge on any atom is 0.145 e. The molecule has 0 unspecified atom stereocenters. The fourth-order valence-electron chi connectivity index (χ4n) is 1.18. The van der Waals surface area contributed by atoms with Crippen LogP contribution < -0.4 is 10.5 Å². The Labute approximate surface area is 89.6 Å². The summed E-state index contributed by atoms with van der Waals surface area (Å²) in [6.45, 7) is 1.99. The largest absolute Gasteiger partial charge is 0.486 e. The molecule has 0 saturated carbocycles. The lowest BCUT2D eigenvalue weighted by atomic mass is 10.2. The van der Waals surface area contributed by atoms with Gasteiger partial charge in [0.15, 0.2) is 0 Å². The molecule has 0 amide bonds. The molecule has 1 aliphatic rings. The first kappa shape index (κ1) is 11.3. The summed E-state index contributed by atoms with van der Waals surface area (Å²) in [4.78, 5) is 0. The van der Waals surface area contributed by atoms with Crippen molar-refractivity contribution in [2.45, 2.75) is 12.6 Å². The summed E-state index contributed by atoms with van der Waals surface area (Å²) in [7, 11) is 0. The molecule has 0 bridgehead atoms. The Hall–Kier alpha value is -0.770. The SMILES string of the molecule is Cl.NCc1ccc(OC2COC2)cc1. The van der Waals surface area contributed by atoms with Gasteiger partial charge in [-0.3, -0.25) is 0 Å². The maximum absolute atomic E-state index is 5.58. The van der Waals surface area contributed by atoms with Crippen molar-refractivity contribution in [2.24, 2.45) is 5.73 Å². The second kappa shape index (κ2) is 5.20. The summed E-state index contributed by atoms with van der Waals surface area (Å²) in [5, 5.41) is 0. The van der Waals surface area contributed by atoms with E-state index < -0.39 is 0 Å². The zero-order chi connectivity index (χ0) is 9.10. The van der Waals surface area contributed by atoms with Crippen molar-refractivity contribution < 1.29 is 9.47 Å². The Morgan fingerprint density at radius 3 is 2.36 bits per heavy atom. The molecule has 1 aromatic rings. The third-order valence-electron chi connectivity index (χ3n) is 2.07. The summed E-state index contributed by atoms with van der Waals surface area (Å²) >= 11 is 0. The van der Waals surface area contributed by atoms with Gasteiger partial charge in [-0.15, -0.1) is 12.4 Å². The summed E-state index contributed by atoms with van der Waals surface area (Å²) in [5.74, 6) is 0.894. The van der Waals surface area contributed by atoms with E-state index in [9.17, 15) is 0 Å². The molecule has 0 aromatic heterocycles. The standard InChI is InChI=1S/C10H13NO2.ClH/c11-5-8-1-3-9(4-2-8)13-10-6-12-7-10;/h1-4,10H,5-7,11H2;1H. The minimum atomic E-state index is 0. The molecule has 2 N–H and O–H groups in total. The van der Waals surface area contributed by atoms with Gasteiger partial charge in [0.25, 0.3) is 0 Å².